The van der Waals surface area contributed by atoms with Crippen LogP contribution in [0.15, 0.2) is 36.5 Å². The number of allylic oxidation sites excluding steroid dienone is 5. The van der Waals surface area contributed by atoms with Gasteiger partial charge in [0.2, 0.25) is 5.91 Å². The highest BCUT2D eigenvalue weighted by molar-refractivity contribution is 5.76. The maximum Gasteiger partial charge on any atom is 0.220 e. The molecule has 0 heterocycles. The minimum Gasteiger partial charge on any atom is -0.394 e. The first-order chi connectivity index (χ1) is 32.7. The van der Waals surface area contributed by atoms with Gasteiger partial charge in [0, 0.05) is 6.42 Å². The second kappa shape index (κ2) is 57.9. The Bertz CT molecular complexity index is 1010. The average Bonchev–Trinajstić information content (AvgIpc) is 3.32. The van der Waals surface area contributed by atoms with Gasteiger partial charge >= 0.3 is 0 Å². The molecule has 0 rings (SSSR count). The van der Waals surface area contributed by atoms with Crippen LogP contribution in [0.4, 0.5) is 0 Å². The fourth-order valence-electron chi connectivity index (χ4n) is 9.49. The molecule has 0 aliphatic carbocycles. The standard InChI is InChI=1S/C62H119NO3/c1-3-5-7-9-11-13-15-17-18-19-20-21-22-23-24-25-26-27-28-29-30-31-32-33-34-35-36-37-38-39-40-41-42-43-44-46-48-50-52-54-56-58-62(66)63-60(59-64)61(65)57-55-53-51-49-47-45-16-14-12-10-8-6-4-2/h19-20,47,49,55,57,60-61,64-65H,3-18,21-46,48,50-54,56,58-59H2,1-2H3,(H,63,66)/b20-19-,49-47+,57-55+. The van der Waals surface area contributed by atoms with E-state index in [4.69, 9.17) is 0 Å². The molecular weight excluding hydrogens is 807 g/mol. The van der Waals surface area contributed by atoms with Crippen molar-refractivity contribution in [1.82, 2.24) is 5.32 Å². The minimum atomic E-state index is -0.859. The van der Waals surface area contributed by atoms with Crippen LogP contribution < -0.4 is 5.32 Å². The summed E-state index contributed by atoms with van der Waals surface area (Å²) in [5.74, 6) is -0.0689. The Labute approximate surface area is 414 Å². The molecule has 0 aromatic rings. The summed E-state index contributed by atoms with van der Waals surface area (Å²) in [5.41, 5.74) is 0. The molecule has 1 amide bonds. The lowest BCUT2D eigenvalue weighted by Gasteiger charge is -2.19. The summed E-state index contributed by atoms with van der Waals surface area (Å²) in [6, 6.07) is -0.636. The van der Waals surface area contributed by atoms with Crippen molar-refractivity contribution in [3.8, 4) is 0 Å². The summed E-state index contributed by atoms with van der Waals surface area (Å²) in [5, 5.41) is 23.0. The van der Waals surface area contributed by atoms with E-state index in [0.717, 1.165) is 32.1 Å². The van der Waals surface area contributed by atoms with Crippen molar-refractivity contribution >= 4 is 5.91 Å². The minimum absolute atomic E-state index is 0.0689. The fourth-order valence-corrected chi connectivity index (χ4v) is 9.49. The lowest BCUT2D eigenvalue weighted by Crippen LogP contribution is -2.45. The van der Waals surface area contributed by atoms with Gasteiger partial charge in [0.05, 0.1) is 18.8 Å². The third-order valence-electron chi connectivity index (χ3n) is 14.1. The fraction of sp³-hybridized carbons (Fsp3) is 0.887. The number of nitrogens with one attached hydrogen (secondary N) is 1. The van der Waals surface area contributed by atoms with Gasteiger partial charge in [-0.05, 0) is 57.8 Å². The molecule has 0 aromatic carbocycles. The predicted molar refractivity (Wildman–Crippen MR) is 295 cm³/mol. The summed E-state index contributed by atoms with van der Waals surface area (Å²) in [6.45, 7) is 4.31. The molecule has 4 nitrogen and oxygen atoms in total. The Hall–Kier alpha value is -1.39. The highest BCUT2D eigenvalue weighted by Crippen LogP contribution is 2.18. The Balaban J connectivity index is 3.35. The number of rotatable bonds is 56. The van der Waals surface area contributed by atoms with Crippen LogP contribution >= 0.6 is 0 Å². The number of aliphatic hydroxyl groups is 2. The monoisotopic (exact) mass is 926 g/mol. The van der Waals surface area contributed by atoms with E-state index in [1.165, 1.54) is 283 Å². The van der Waals surface area contributed by atoms with Crippen molar-refractivity contribution in [2.75, 3.05) is 6.61 Å². The van der Waals surface area contributed by atoms with Gasteiger partial charge in [0.1, 0.15) is 0 Å². The highest BCUT2D eigenvalue weighted by Gasteiger charge is 2.18. The van der Waals surface area contributed by atoms with Crippen LogP contribution in [-0.2, 0) is 4.79 Å². The summed E-state index contributed by atoms with van der Waals surface area (Å²) < 4.78 is 0. The van der Waals surface area contributed by atoms with E-state index in [1.54, 1.807) is 6.08 Å². The lowest BCUT2D eigenvalue weighted by atomic mass is 10.0. The summed E-state index contributed by atoms with van der Waals surface area (Å²) >= 11 is 0. The molecule has 2 atom stereocenters. The van der Waals surface area contributed by atoms with Crippen LogP contribution in [0.1, 0.15) is 335 Å². The Morgan fingerprint density at radius 2 is 0.591 bits per heavy atom. The van der Waals surface area contributed by atoms with Crippen molar-refractivity contribution in [1.29, 1.82) is 0 Å². The molecule has 0 aromatic heterocycles. The molecule has 0 saturated carbocycles. The molecule has 0 bridgehead atoms. The Morgan fingerprint density at radius 3 is 0.879 bits per heavy atom. The molecule has 66 heavy (non-hydrogen) atoms. The molecular formula is C62H119NO3. The van der Waals surface area contributed by atoms with Crippen LogP contribution in [-0.4, -0.2) is 34.9 Å². The molecule has 0 aliphatic rings. The van der Waals surface area contributed by atoms with Crippen molar-refractivity contribution < 1.29 is 15.0 Å². The molecule has 0 radical (unpaired) electrons. The van der Waals surface area contributed by atoms with Gasteiger partial charge < -0.3 is 15.5 Å². The molecule has 390 valence electrons. The molecule has 0 spiro atoms. The first kappa shape index (κ1) is 64.6. The zero-order valence-corrected chi connectivity index (χ0v) is 45.0. The third-order valence-corrected chi connectivity index (χ3v) is 14.1. The maximum absolute atomic E-state index is 12.4. The smallest absolute Gasteiger partial charge is 0.220 e. The Kier molecular flexibility index (Phi) is 56.7. The molecule has 0 saturated heterocycles. The zero-order chi connectivity index (χ0) is 47.7. The lowest BCUT2D eigenvalue weighted by molar-refractivity contribution is -0.123. The van der Waals surface area contributed by atoms with Gasteiger partial charge in [-0.3, -0.25) is 4.79 Å². The molecule has 2 unspecified atom stereocenters. The van der Waals surface area contributed by atoms with E-state index in [9.17, 15) is 15.0 Å². The second-order valence-electron chi connectivity index (χ2n) is 20.8. The largest absolute Gasteiger partial charge is 0.394 e. The van der Waals surface area contributed by atoms with Crippen molar-refractivity contribution in [2.45, 2.75) is 347 Å². The predicted octanol–water partition coefficient (Wildman–Crippen LogP) is 20.0. The maximum atomic E-state index is 12.4. The van der Waals surface area contributed by atoms with Gasteiger partial charge in [0.25, 0.3) is 0 Å². The number of carbonyl (C=O) groups excluding carboxylic acids is 1. The van der Waals surface area contributed by atoms with Crippen LogP contribution in [0.3, 0.4) is 0 Å². The summed E-state index contributed by atoms with van der Waals surface area (Å²) in [7, 11) is 0. The summed E-state index contributed by atoms with van der Waals surface area (Å²) in [4.78, 5) is 12.4. The number of carbonyl (C=O) groups is 1. The normalized spacial score (nSPS) is 13.0. The third kappa shape index (κ3) is 53.6. The second-order valence-corrected chi connectivity index (χ2v) is 20.8. The molecule has 3 N–H and O–H groups in total. The first-order valence-corrected chi connectivity index (χ1v) is 30.2. The van der Waals surface area contributed by atoms with Crippen LogP contribution in [0, 0.1) is 0 Å². The van der Waals surface area contributed by atoms with Crippen LogP contribution in [0.2, 0.25) is 0 Å². The van der Waals surface area contributed by atoms with Gasteiger partial charge in [-0.25, -0.2) is 0 Å². The molecule has 0 fully saturated rings. The van der Waals surface area contributed by atoms with Crippen LogP contribution in [0.25, 0.3) is 0 Å². The SMILES string of the molecule is CCCCCCCCC/C=C/CC/C=C/C(O)C(CO)NC(=O)CCCCCCCCCCCCCCCCCCCCCCCCCCCCCCC/C=C\CCCCCCCCCC. The van der Waals surface area contributed by atoms with Gasteiger partial charge in [-0.1, -0.05) is 307 Å². The van der Waals surface area contributed by atoms with E-state index in [0.29, 0.717) is 6.42 Å². The first-order valence-electron chi connectivity index (χ1n) is 30.2. The average molecular weight is 927 g/mol. The number of amides is 1. The molecule has 4 heteroatoms. The quantitative estimate of drug-likeness (QED) is 0.0420. The van der Waals surface area contributed by atoms with E-state index in [2.05, 4.69) is 43.5 Å². The van der Waals surface area contributed by atoms with E-state index < -0.39 is 12.1 Å². The van der Waals surface area contributed by atoms with E-state index in [1.807, 2.05) is 6.08 Å². The van der Waals surface area contributed by atoms with Crippen LogP contribution in [0.5, 0.6) is 0 Å². The van der Waals surface area contributed by atoms with Crippen molar-refractivity contribution in [3.05, 3.63) is 36.5 Å². The number of unbranched alkanes of at least 4 members (excludes halogenated alkanes) is 45. The Morgan fingerprint density at radius 1 is 0.348 bits per heavy atom. The van der Waals surface area contributed by atoms with Crippen molar-refractivity contribution in [3.63, 3.8) is 0 Å². The number of hydrogen-bond acceptors (Lipinski definition) is 3. The summed E-state index contributed by atoms with van der Waals surface area (Å²) in [6.07, 6.45) is 79.3. The van der Waals surface area contributed by atoms with E-state index >= 15 is 0 Å². The number of aliphatic hydroxyl groups excluding tert-OH is 2. The zero-order valence-electron chi connectivity index (χ0n) is 45.0. The van der Waals surface area contributed by atoms with E-state index in [-0.39, 0.29) is 12.5 Å². The van der Waals surface area contributed by atoms with Crippen molar-refractivity contribution in [2.24, 2.45) is 0 Å². The molecule has 0 aliphatic heterocycles. The highest BCUT2D eigenvalue weighted by atomic mass is 16.3. The van der Waals surface area contributed by atoms with Gasteiger partial charge in [0.15, 0.2) is 0 Å². The topological polar surface area (TPSA) is 69.6 Å². The number of hydrogen-bond donors (Lipinski definition) is 3. The van der Waals surface area contributed by atoms with Gasteiger partial charge in [-0.2, -0.15) is 0 Å². The van der Waals surface area contributed by atoms with Gasteiger partial charge in [-0.15, -0.1) is 0 Å².